The fourth-order valence-electron chi connectivity index (χ4n) is 5.85. The Balaban J connectivity index is 1.74. The largest absolute Gasteiger partial charge is 0.481 e. The maximum atomic E-state index is 13.2. The quantitative estimate of drug-likeness (QED) is 0.728. The summed E-state index contributed by atoms with van der Waals surface area (Å²) in [5.41, 5.74) is 0.0714. The van der Waals surface area contributed by atoms with E-state index in [-0.39, 0.29) is 23.2 Å². The molecule has 0 radical (unpaired) electrons. The molecule has 2 saturated carbocycles. The van der Waals surface area contributed by atoms with Gasteiger partial charge in [-0.1, -0.05) is 58.3 Å². The number of nitrogens with zero attached hydrogens (tertiary/aromatic N) is 1. The molecular weight excluding hydrogens is 326 g/mol. The standard InChI is InChI=1S/C22H37NO3/c1-22(13-8-4-5-9-14-22)19-16-23(15-12-18(19)21(25)26)20(24)17-10-6-2-3-7-11-17/h17-19H,2-16H2,1H3,(H,25,26). The second-order valence-electron chi connectivity index (χ2n) is 9.38. The number of carbonyl (C=O) groups excluding carboxylic acids is 1. The van der Waals surface area contributed by atoms with Gasteiger partial charge in [0.05, 0.1) is 5.92 Å². The van der Waals surface area contributed by atoms with E-state index in [9.17, 15) is 14.7 Å². The Kier molecular flexibility index (Phi) is 6.63. The van der Waals surface area contributed by atoms with Crippen molar-refractivity contribution in [1.82, 2.24) is 4.90 Å². The minimum Gasteiger partial charge on any atom is -0.481 e. The molecule has 2 aliphatic carbocycles. The maximum absolute atomic E-state index is 13.2. The molecule has 3 fully saturated rings. The van der Waals surface area contributed by atoms with Crippen LogP contribution in [0.4, 0.5) is 0 Å². The van der Waals surface area contributed by atoms with Crippen molar-refractivity contribution >= 4 is 11.9 Å². The van der Waals surface area contributed by atoms with E-state index in [2.05, 4.69) is 11.8 Å². The van der Waals surface area contributed by atoms with Gasteiger partial charge in [0.1, 0.15) is 0 Å². The average molecular weight is 364 g/mol. The van der Waals surface area contributed by atoms with E-state index in [0.29, 0.717) is 25.4 Å². The summed E-state index contributed by atoms with van der Waals surface area (Å²) in [4.78, 5) is 27.2. The highest BCUT2D eigenvalue weighted by molar-refractivity contribution is 5.79. The van der Waals surface area contributed by atoms with Gasteiger partial charge in [-0.25, -0.2) is 0 Å². The molecule has 1 heterocycles. The Bertz CT molecular complexity index is 488. The highest BCUT2D eigenvalue weighted by Gasteiger charge is 2.46. The molecule has 148 valence electrons. The molecule has 2 atom stereocenters. The molecule has 4 heteroatoms. The maximum Gasteiger partial charge on any atom is 0.306 e. The van der Waals surface area contributed by atoms with Gasteiger partial charge in [0.25, 0.3) is 0 Å². The number of amides is 1. The van der Waals surface area contributed by atoms with Crippen molar-refractivity contribution in [2.45, 2.75) is 90.4 Å². The molecule has 0 aromatic carbocycles. The summed E-state index contributed by atoms with van der Waals surface area (Å²) in [7, 11) is 0. The molecule has 1 amide bonds. The first-order chi connectivity index (χ1) is 12.5. The fraction of sp³-hybridized carbons (Fsp3) is 0.909. The third kappa shape index (κ3) is 4.43. The number of piperidine rings is 1. The first-order valence-corrected chi connectivity index (χ1v) is 11.0. The van der Waals surface area contributed by atoms with Crippen molar-refractivity contribution in [3.8, 4) is 0 Å². The summed E-state index contributed by atoms with van der Waals surface area (Å²) in [6.07, 6.45) is 14.7. The Morgan fingerprint density at radius 2 is 1.46 bits per heavy atom. The number of aliphatic carboxylic acids is 1. The summed E-state index contributed by atoms with van der Waals surface area (Å²) in [5, 5.41) is 9.83. The van der Waals surface area contributed by atoms with Crippen LogP contribution >= 0.6 is 0 Å². The van der Waals surface area contributed by atoms with Gasteiger partial charge in [-0.3, -0.25) is 9.59 Å². The smallest absolute Gasteiger partial charge is 0.306 e. The molecule has 2 unspecified atom stereocenters. The Morgan fingerprint density at radius 3 is 2.04 bits per heavy atom. The average Bonchev–Trinajstić information content (AvgIpc) is 3.04. The predicted octanol–water partition coefficient (Wildman–Crippen LogP) is 4.87. The van der Waals surface area contributed by atoms with Crippen LogP contribution in [0.3, 0.4) is 0 Å². The van der Waals surface area contributed by atoms with Crippen LogP contribution in [0.15, 0.2) is 0 Å². The zero-order valence-electron chi connectivity index (χ0n) is 16.5. The van der Waals surface area contributed by atoms with E-state index < -0.39 is 5.97 Å². The molecule has 1 saturated heterocycles. The molecule has 26 heavy (non-hydrogen) atoms. The molecule has 0 aromatic rings. The van der Waals surface area contributed by atoms with Crippen LogP contribution < -0.4 is 0 Å². The topological polar surface area (TPSA) is 57.6 Å². The molecule has 3 aliphatic rings. The monoisotopic (exact) mass is 363 g/mol. The van der Waals surface area contributed by atoms with Gasteiger partial charge in [-0.15, -0.1) is 0 Å². The van der Waals surface area contributed by atoms with E-state index in [1.54, 1.807) is 0 Å². The van der Waals surface area contributed by atoms with Crippen molar-refractivity contribution in [2.24, 2.45) is 23.2 Å². The van der Waals surface area contributed by atoms with E-state index in [1.807, 2.05) is 0 Å². The van der Waals surface area contributed by atoms with Gasteiger partial charge >= 0.3 is 5.97 Å². The zero-order valence-corrected chi connectivity index (χ0v) is 16.5. The number of likely N-dealkylation sites (tertiary alicyclic amines) is 1. The second-order valence-corrected chi connectivity index (χ2v) is 9.38. The lowest BCUT2D eigenvalue weighted by molar-refractivity contribution is -0.154. The molecule has 4 nitrogen and oxygen atoms in total. The SMILES string of the molecule is CC1(C2CN(C(=O)C3CCCCCC3)CCC2C(=O)O)CCCCCC1. The molecule has 0 bridgehead atoms. The Hall–Kier alpha value is -1.06. The summed E-state index contributed by atoms with van der Waals surface area (Å²) >= 11 is 0. The van der Waals surface area contributed by atoms with Crippen LogP contribution in [0, 0.1) is 23.2 Å². The normalized spacial score (nSPS) is 31.0. The lowest BCUT2D eigenvalue weighted by Gasteiger charge is -2.47. The Morgan fingerprint density at radius 1 is 0.885 bits per heavy atom. The number of carboxylic acids is 1. The van der Waals surface area contributed by atoms with Gasteiger partial charge in [0.15, 0.2) is 0 Å². The van der Waals surface area contributed by atoms with Gasteiger partial charge in [0.2, 0.25) is 5.91 Å². The Labute approximate surface area is 158 Å². The van der Waals surface area contributed by atoms with Gasteiger partial charge in [-0.05, 0) is 43.4 Å². The first-order valence-electron chi connectivity index (χ1n) is 11.0. The van der Waals surface area contributed by atoms with Crippen molar-refractivity contribution in [3.63, 3.8) is 0 Å². The van der Waals surface area contributed by atoms with Crippen LogP contribution in [0.2, 0.25) is 0 Å². The van der Waals surface area contributed by atoms with Gasteiger partial charge in [-0.2, -0.15) is 0 Å². The number of carboxylic acid groups (broad SMARTS) is 1. The van der Waals surface area contributed by atoms with Crippen molar-refractivity contribution in [1.29, 1.82) is 0 Å². The lowest BCUT2D eigenvalue weighted by atomic mass is 9.64. The minimum absolute atomic E-state index is 0.0714. The third-order valence-electron chi connectivity index (χ3n) is 7.59. The number of rotatable bonds is 3. The van der Waals surface area contributed by atoms with E-state index in [1.165, 1.54) is 51.4 Å². The first kappa shape index (κ1) is 19.7. The number of hydrogen-bond donors (Lipinski definition) is 1. The number of carbonyl (C=O) groups is 2. The van der Waals surface area contributed by atoms with Crippen LogP contribution in [-0.2, 0) is 9.59 Å². The summed E-state index contributed by atoms with van der Waals surface area (Å²) in [6, 6.07) is 0. The molecule has 0 aromatic heterocycles. The van der Waals surface area contributed by atoms with Crippen molar-refractivity contribution in [2.75, 3.05) is 13.1 Å². The van der Waals surface area contributed by atoms with E-state index in [0.717, 1.165) is 25.7 Å². The zero-order chi connectivity index (χ0) is 18.6. The van der Waals surface area contributed by atoms with Crippen LogP contribution in [0.25, 0.3) is 0 Å². The van der Waals surface area contributed by atoms with Crippen LogP contribution in [0.5, 0.6) is 0 Å². The highest BCUT2D eigenvalue weighted by atomic mass is 16.4. The number of hydrogen-bond acceptors (Lipinski definition) is 2. The summed E-state index contributed by atoms with van der Waals surface area (Å²) < 4.78 is 0. The summed E-state index contributed by atoms with van der Waals surface area (Å²) in [6.45, 7) is 3.61. The third-order valence-corrected chi connectivity index (χ3v) is 7.59. The predicted molar refractivity (Wildman–Crippen MR) is 103 cm³/mol. The van der Waals surface area contributed by atoms with Crippen molar-refractivity contribution in [3.05, 3.63) is 0 Å². The minimum atomic E-state index is -0.651. The van der Waals surface area contributed by atoms with Gasteiger partial charge in [0, 0.05) is 19.0 Å². The highest BCUT2D eigenvalue weighted by Crippen LogP contribution is 2.47. The van der Waals surface area contributed by atoms with Crippen LogP contribution in [-0.4, -0.2) is 35.0 Å². The molecule has 3 rings (SSSR count). The lowest BCUT2D eigenvalue weighted by Crippen LogP contribution is -2.52. The fourth-order valence-corrected chi connectivity index (χ4v) is 5.85. The molecular formula is C22H37NO3. The van der Waals surface area contributed by atoms with E-state index >= 15 is 0 Å². The molecule has 0 spiro atoms. The van der Waals surface area contributed by atoms with Gasteiger partial charge < -0.3 is 10.0 Å². The molecule has 1 N–H and O–H groups in total. The summed E-state index contributed by atoms with van der Waals surface area (Å²) in [5.74, 6) is -0.320. The van der Waals surface area contributed by atoms with Crippen LogP contribution in [0.1, 0.15) is 90.4 Å². The van der Waals surface area contributed by atoms with Crippen molar-refractivity contribution < 1.29 is 14.7 Å². The van der Waals surface area contributed by atoms with E-state index in [4.69, 9.17) is 0 Å². The second kappa shape index (κ2) is 8.75. The molecule has 1 aliphatic heterocycles.